The van der Waals surface area contributed by atoms with Gasteiger partial charge in [0.2, 0.25) is 0 Å². The van der Waals surface area contributed by atoms with E-state index in [1.165, 1.54) is 0 Å². The number of nitrogen functional groups attached to an aromatic ring is 1. The van der Waals surface area contributed by atoms with E-state index >= 15 is 0 Å². The van der Waals surface area contributed by atoms with Gasteiger partial charge in [-0.3, -0.25) is 16.4 Å². The second kappa shape index (κ2) is 6.05. The summed E-state index contributed by atoms with van der Waals surface area (Å²) in [6, 6.07) is 5.70. The molecule has 0 aliphatic heterocycles. The van der Waals surface area contributed by atoms with Gasteiger partial charge in [-0.25, -0.2) is 0 Å². The van der Waals surface area contributed by atoms with Gasteiger partial charge >= 0.3 is 0 Å². The van der Waals surface area contributed by atoms with Crippen LogP contribution >= 0.6 is 15.9 Å². The number of anilines is 1. The van der Waals surface area contributed by atoms with Crippen LogP contribution in [-0.4, -0.2) is 17.3 Å². The van der Waals surface area contributed by atoms with E-state index in [4.69, 9.17) is 16.3 Å². The number of ether oxygens (including phenoxy) is 1. The quantitative estimate of drug-likeness (QED) is 0.493. The Morgan fingerprint density at radius 3 is 2.89 bits per heavy atom. The lowest BCUT2D eigenvalue weighted by molar-refractivity contribution is 0.405. The highest BCUT2D eigenvalue weighted by Crippen LogP contribution is 2.28. The van der Waals surface area contributed by atoms with Crippen LogP contribution in [0.4, 0.5) is 5.82 Å². The largest absolute Gasteiger partial charge is 0.496 e. The van der Waals surface area contributed by atoms with Crippen LogP contribution in [0.5, 0.6) is 5.75 Å². The zero-order valence-corrected chi connectivity index (χ0v) is 12.1. The SMILES string of the molecule is COc1ccc(Br)cc1CC(NN)c1cn[nH]c1N. The number of aromatic amines is 1. The zero-order chi connectivity index (χ0) is 13.8. The lowest BCUT2D eigenvalue weighted by Crippen LogP contribution is -2.30. The number of benzene rings is 1. The third kappa shape index (κ3) is 3.06. The molecule has 1 aromatic heterocycles. The van der Waals surface area contributed by atoms with Gasteiger partial charge in [0.15, 0.2) is 0 Å². The van der Waals surface area contributed by atoms with E-state index in [2.05, 4.69) is 31.6 Å². The first kappa shape index (κ1) is 13.9. The zero-order valence-electron chi connectivity index (χ0n) is 10.5. The lowest BCUT2D eigenvalue weighted by Gasteiger charge is -2.17. The number of nitrogens with one attached hydrogen (secondary N) is 2. The minimum absolute atomic E-state index is 0.137. The van der Waals surface area contributed by atoms with Crippen LogP contribution in [0, 0.1) is 0 Å². The van der Waals surface area contributed by atoms with E-state index in [0.29, 0.717) is 12.2 Å². The van der Waals surface area contributed by atoms with E-state index in [1.54, 1.807) is 13.3 Å². The fourth-order valence-corrected chi connectivity index (χ4v) is 2.38. The third-order valence-electron chi connectivity index (χ3n) is 2.94. The summed E-state index contributed by atoms with van der Waals surface area (Å²) in [6.07, 6.45) is 2.31. The Morgan fingerprint density at radius 1 is 1.53 bits per heavy atom. The van der Waals surface area contributed by atoms with E-state index in [9.17, 15) is 0 Å². The Hall–Kier alpha value is -1.57. The molecule has 1 heterocycles. The van der Waals surface area contributed by atoms with Crippen LogP contribution in [-0.2, 0) is 6.42 Å². The van der Waals surface area contributed by atoms with Crippen LogP contribution < -0.4 is 21.7 Å². The predicted octanol–water partition coefficient (Wildman–Crippen LogP) is 1.51. The number of hydrazine groups is 1. The molecule has 6 N–H and O–H groups in total. The smallest absolute Gasteiger partial charge is 0.123 e. The number of aromatic nitrogens is 2. The van der Waals surface area contributed by atoms with E-state index in [-0.39, 0.29) is 6.04 Å². The number of rotatable bonds is 5. The van der Waals surface area contributed by atoms with Crippen molar-refractivity contribution in [3.05, 3.63) is 40.0 Å². The first-order valence-corrected chi connectivity index (χ1v) is 6.52. The Balaban J connectivity index is 2.28. The first-order valence-electron chi connectivity index (χ1n) is 5.73. The topological polar surface area (TPSA) is 102 Å². The van der Waals surface area contributed by atoms with Crippen molar-refractivity contribution in [3.63, 3.8) is 0 Å². The van der Waals surface area contributed by atoms with E-state index in [0.717, 1.165) is 21.3 Å². The van der Waals surface area contributed by atoms with Gasteiger partial charge in [-0.15, -0.1) is 0 Å². The Bertz CT molecular complexity index is 557. The highest BCUT2D eigenvalue weighted by molar-refractivity contribution is 9.10. The Labute approximate surface area is 119 Å². The maximum Gasteiger partial charge on any atom is 0.123 e. The average Bonchev–Trinajstić information content (AvgIpc) is 2.82. The summed E-state index contributed by atoms with van der Waals surface area (Å²) in [6.45, 7) is 0. The molecule has 1 atom stereocenters. The number of nitrogens with zero attached hydrogens (tertiary/aromatic N) is 1. The maximum absolute atomic E-state index is 5.82. The summed E-state index contributed by atoms with van der Waals surface area (Å²) >= 11 is 3.45. The van der Waals surface area contributed by atoms with E-state index in [1.807, 2.05) is 18.2 Å². The molecule has 19 heavy (non-hydrogen) atoms. The van der Waals surface area contributed by atoms with Crippen molar-refractivity contribution in [2.75, 3.05) is 12.8 Å². The molecule has 0 amide bonds. The first-order chi connectivity index (χ1) is 9.15. The van der Waals surface area contributed by atoms with Crippen molar-refractivity contribution < 1.29 is 4.74 Å². The van der Waals surface area contributed by atoms with Gasteiger partial charge in [-0.2, -0.15) is 5.10 Å². The number of H-pyrrole nitrogens is 1. The molecular weight excluding hydrogens is 310 g/mol. The van der Waals surface area contributed by atoms with Gasteiger partial charge in [-0.05, 0) is 30.2 Å². The summed E-state index contributed by atoms with van der Waals surface area (Å²) in [5, 5.41) is 6.61. The molecule has 2 rings (SSSR count). The number of hydrogen-bond acceptors (Lipinski definition) is 5. The molecule has 102 valence electrons. The molecule has 6 nitrogen and oxygen atoms in total. The molecular formula is C12H16BrN5O. The van der Waals surface area contributed by atoms with Gasteiger partial charge < -0.3 is 10.5 Å². The van der Waals surface area contributed by atoms with Gasteiger partial charge in [0.1, 0.15) is 11.6 Å². The highest BCUT2D eigenvalue weighted by Gasteiger charge is 2.17. The third-order valence-corrected chi connectivity index (χ3v) is 3.44. The molecule has 0 fully saturated rings. The minimum atomic E-state index is -0.137. The second-order valence-corrected chi connectivity index (χ2v) is 5.03. The number of halogens is 1. The van der Waals surface area contributed by atoms with Crippen LogP contribution in [0.3, 0.4) is 0 Å². The number of hydrogen-bond donors (Lipinski definition) is 4. The molecule has 0 saturated heterocycles. The fourth-order valence-electron chi connectivity index (χ4n) is 1.97. The normalized spacial score (nSPS) is 12.4. The summed E-state index contributed by atoms with van der Waals surface area (Å²) in [7, 11) is 1.64. The molecule has 1 unspecified atom stereocenters. The van der Waals surface area contributed by atoms with Crippen molar-refractivity contribution in [1.82, 2.24) is 15.6 Å². The summed E-state index contributed by atoms with van der Waals surface area (Å²) in [5.41, 5.74) is 10.4. The Kier molecular flexibility index (Phi) is 4.41. The molecule has 1 aromatic carbocycles. The molecule has 0 saturated carbocycles. The molecule has 0 spiro atoms. The van der Waals surface area contributed by atoms with Crippen molar-refractivity contribution in [3.8, 4) is 5.75 Å². The van der Waals surface area contributed by atoms with E-state index < -0.39 is 0 Å². The predicted molar refractivity (Wildman–Crippen MR) is 77.5 cm³/mol. The fraction of sp³-hybridized carbons (Fsp3) is 0.250. The standard InChI is InChI=1S/C12H16BrN5O/c1-19-11-3-2-8(13)4-7(11)5-10(17-15)9-6-16-18-12(9)14/h2-4,6,10,17H,5,15H2,1H3,(H3,14,16,18). The van der Waals surface area contributed by atoms with Crippen molar-refractivity contribution >= 4 is 21.7 Å². The molecule has 2 aromatic rings. The highest BCUT2D eigenvalue weighted by atomic mass is 79.9. The monoisotopic (exact) mass is 325 g/mol. The Morgan fingerprint density at radius 2 is 2.32 bits per heavy atom. The molecule has 0 aliphatic rings. The van der Waals surface area contributed by atoms with Crippen LogP contribution in [0.15, 0.2) is 28.9 Å². The van der Waals surface area contributed by atoms with Crippen molar-refractivity contribution in [1.29, 1.82) is 0 Å². The summed E-state index contributed by atoms with van der Waals surface area (Å²) in [5.74, 6) is 6.93. The number of methoxy groups -OCH3 is 1. The number of nitrogens with two attached hydrogens (primary N) is 2. The average molecular weight is 326 g/mol. The molecule has 0 bridgehead atoms. The van der Waals surface area contributed by atoms with Gasteiger partial charge in [0.25, 0.3) is 0 Å². The van der Waals surface area contributed by atoms with Gasteiger partial charge in [0.05, 0.1) is 19.3 Å². The molecule has 7 heteroatoms. The van der Waals surface area contributed by atoms with Gasteiger partial charge in [0, 0.05) is 10.0 Å². The summed E-state index contributed by atoms with van der Waals surface area (Å²) in [4.78, 5) is 0. The molecule has 0 radical (unpaired) electrons. The van der Waals surface area contributed by atoms with Crippen molar-refractivity contribution in [2.24, 2.45) is 5.84 Å². The maximum atomic E-state index is 5.82. The lowest BCUT2D eigenvalue weighted by atomic mass is 10.0. The van der Waals surface area contributed by atoms with Crippen LogP contribution in [0.2, 0.25) is 0 Å². The summed E-state index contributed by atoms with van der Waals surface area (Å²) < 4.78 is 6.33. The van der Waals surface area contributed by atoms with Crippen LogP contribution in [0.1, 0.15) is 17.2 Å². The minimum Gasteiger partial charge on any atom is -0.496 e. The molecule has 0 aliphatic carbocycles. The second-order valence-electron chi connectivity index (χ2n) is 4.12. The van der Waals surface area contributed by atoms with Crippen LogP contribution in [0.25, 0.3) is 0 Å². The van der Waals surface area contributed by atoms with Gasteiger partial charge in [-0.1, -0.05) is 15.9 Å². The van der Waals surface area contributed by atoms with Crippen molar-refractivity contribution in [2.45, 2.75) is 12.5 Å².